The van der Waals surface area contributed by atoms with Crippen molar-refractivity contribution in [1.82, 2.24) is 0 Å². The quantitative estimate of drug-likeness (QED) is 0.692. The number of hydrogen-bond donors (Lipinski definition) is 0. The first-order chi connectivity index (χ1) is 6.77. The first-order valence-electron chi connectivity index (χ1n) is 4.58. The molecule has 0 atom stereocenters. The number of ether oxygens (including phenoxy) is 1. The maximum Gasteiger partial charge on any atom is 0.0718 e. The van der Waals surface area contributed by atoms with Gasteiger partial charge in [0, 0.05) is 13.0 Å². The van der Waals surface area contributed by atoms with Crippen LogP contribution in [0.15, 0.2) is 29.8 Å². The molecule has 0 bridgehead atoms. The van der Waals surface area contributed by atoms with E-state index in [4.69, 9.17) is 16.3 Å². The van der Waals surface area contributed by atoms with Crippen molar-refractivity contribution in [3.05, 3.63) is 41.0 Å². The van der Waals surface area contributed by atoms with Crippen LogP contribution in [0.25, 0.3) is 6.08 Å². The molecule has 0 N–H and O–H groups in total. The van der Waals surface area contributed by atoms with Gasteiger partial charge in [0.2, 0.25) is 0 Å². The van der Waals surface area contributed by atoms with E-state index in [1.165, 1.54) is 11.1 Å². The largest absolute Gasteiger partial charge is 0.380 e. The fourth-order valence-electron chi connectivity index (χ4n) is 1.27. The lowest BCUT2D eigenvalue weighted by atomic mass is 10.1. The Morgan fingerprint density at radius 3 is 2.79 bits per heavy atom. The second-order valence-electron chi connectivity index (χ2n) is 3.26. The molecule has 0 aromatic heterocycles. The Morgan fingerprint density at radius 1 is 1.43 bits per heavy atom. The lowest BCUT2D eigenvalue weighted by Crippen LogP contribution is -1.91. The maximum absolute atomic E-state index is 5.73. The van der Waals surface area contributed by atoms with Crippen LogP contribution in [-0.2, 0) is 11.3 Å². The minimum atomic E-state index is 0.571. The van der Waals surface area contributed by atoms with Gasteiger partial charge in [-0.3, -0.25) is 0 Å². The van der Waals surface area contributed by atoms with Crippen molar-refractivity contribution in [2.24, 2.45) is 0 Å². The number of allylic oxidation sites excluding steroid dienone is 1. The van der Waals surface area contributed by atoms with Gasteiger partial charge in [-0.1, -0.05) is 35.9 Å². The van der Waals surface area contributed by atoms with E-state index in [2.05, 4.69) is 18.2 Å². The summed E-state index contributed by atoms with van der Waals surface area (Å²) in [5.74, 6) is 0.571. The van der Waals surface area contributed by atoms with Crippen LogP contribution < -0.4 is 0 Å². The van der Waals surface area contributed by atoms with Crippen LogP contribution >= 0.6 is 11.6 Å². The molecule has 0 saturated carbocycles. The molecule has 0 unspecified atom stereocenters. The van der Waals surface area contributed by atoms with Crippen molar-refractivity contribution in [3.63, 3.8) is 0 Å². The predicted molar refractivity (Wildman–Crippen MR) is 61.5 cm³/mol. The van der Waals surface area contributed by atoms with Crippen LogP contribution in [0.3, 0.4) is 0 Å². The molecule has 0 fully saturated rings. The van der Waals surface area contributed by atoms with E-state index in [0.29, 0.717) is 12.5 Å². The lowest BCUT2D eigenvalue weighted by molar-refractivity contribution is 0.184. The van der Waals surface area contributed by atoms with Crippen molar-refractivity contribution in [2.45, 2.75) is 13.5 Å². The summed E-state index contributed by atoms with van der Waals surface area (Å²) in [5.41, 5.74) is 3.54. The topological polar surface area (TPSA) is 9.23 Å². The van der Waals surface area contributed by atoms with Gasteiger partial charge in [-0.05, 0) is 18.1 Å². The third-order valence-corrected chi connectivity index (χ3v) is 2.39. The molecule has 14 heavy (non-hydrogen) atoms. The molecule has 0 aliphatic heterocycles. The van der Waals surface area contributed by atoms with E-state index < -0.39 is 0 Å². The standard InChI is InChI=1S/C12H15ClO/c1-10(8-13)7-11-5-3-4-6-12(11)9-14-2/h3-7H,8-9H2,1-2H3. The van der Waals surface area contributed by atoms with E-state index in [1.807, 2.05) is 19.1 Å². The summed E-state index contributed by atoms with van der Waals surface area (Å²) in [6, 6.07) is 8.18. The zero-order valence-electron chi connectivity index (χ0n) is 8.59. The van der Waals surface area contributed by atoms with Crippen LogP contribution in [0.1, 0.15) is 18.1 Å². The van der Waals surface area contributed by atoms with Gasteiger partial charge in [0.1, 0.15) is 0 Å². The fourth-order valence-corrected chi connectivity index (χ4v) is 1.34. The normalized spacial score (nSPS) is 11.8. The SMILES string of the molecule is COCc1ccccc1C=C(C)CCl. The monoisotopic (exact) mass is 210 g/mol. The van der Waals surface area contributed by atoms with Gasteiger partial charge in [0.15, 0.2) is 0 Å². The number of benzene rings is 1. The summed E-state index contributed by atoms with van der Waals surface area (Å²) in [5, 5.41) is 0. The maximum atomic E-state index is 5.73. The number of rotatable bonds is 4. The third kappa shape index (κ3) is 3.17. The molecular formula is C12H15ClO. The number of methoxy groups -OCH3 is 1. The molecule has 1 nitrogen and oxygen atoms in total. The van der Waals surface area contributed by atoms with Crippen molar-refractivity contribution in [1.29, 1.82) is 0 Å². The molecular weight excluding hydrogens is 196 g/mol. The smallest absolute Gasteiger partial charge is 0.0718 e. The van der Waals surface area contributed by atoms with Crippen molar-refractivity contribution in [2.75, 3.05) is 13.0 Å². The minimum Gasteiger partial charge on any atom is -0.380 e. The molecule has 0 aliphatic carbocycles. The summed E-state index contributed by atoms with van der Waals surface area (Å²) >= 11 is 5.73. The van der Waals surface area contributed by atoms with E-state index in [0.717, 1.165) is 5.57 Å². The molecule has 1 aromatic carbocycles. The van der Waals surface area contributed by atoms with E-state index in [1.54, 1.807) is 7.11 Å². The predicted octanol–water partition coefficient (Wildman–Crippen LogP) is 3.48. The van der Waals surface area contributed by atoms with E-state index in [9.17, 15) is 0 Å². The third-order valence-electron chi connectivity index (χ3n) is 1.97. The average Bonchev–Trinajstić information content (AvgIpc) is 2.21. The van der Waals surface area contributed by atoms with Crippen molar-refractivity contribution >= 4 is 17.7 Å². The summed E-state index contributed by atoms with van der Waals surface area (Å²) < 4.78 is 5.12. The highest BCUT2D eigenvalue weighted by atomic mass is 35.5. The summed E-state index contributed by atoms with van der Waals surface area (Å²) in [6.07, 6.45) is 2.10. The Balaban J connectivity index is 2.95. The van der Waals surface area contributed by atoms with Gasteiger partial charge in [-0.25, -0.2) is 0 Å². The molecule has 0 saturated heterocycles. The Hall–Kier alpha value is -0.790. The van der Waals surface area contributed by atoms with Gasteiger partial charge in [0.05, 0.1) is 6.61 Å². The molecule has 1 aromatic rings. The molecule has 2 heteroatoms. The zero-order chi connectivity index (χ0) is 10.4. The second-order valence-corrected chi connectivity index (χ2v) is 3.52. The molecule has 1 rings (SSSR count). The molecule has 76 valence electrons. The molecule has 0 aliphatic rings. The number of hydrogen-bond acceptors (Lipinski definition) is 1. The van der Waals surface area contributed by atoms with E-state index in [-0.39, 0.29) is 0 Å². The highest BCUT2D eigenvalue weighted by Crippen LogP contribution is 2.14. The Bertz CT molecular complexity index is 318. The lowest BCUT2D eigenvalue weighted by Gasteiger charge is -2.05. The number of alkyl halides is 1. The summed E-state index contributed by atoms with van der Waals surface area (Å²) in [4.78, 5) is 0. The van der Waals surface area contributed by atoms with Gasteiger partial charge >= 0.3 is 0 Å². The summed E-state index contributed by atoms with van der Waals surface area (Å²) in [7, 11) is 1.70. The van der Waals surface area contributed by atoms with Crippen molar-refractivity contribution in [3.8, 4) is 0 Å². The average molecular weight is 211 g/mol. The van der Waals surface area contributed by atoms with Gasteiger partial charge in [0.25, 0.3) is 0 Å². The minimum absolute atomic E-state index is 0.571. The highest BCUT2D eigenvalue weighted by molar-refractivity contribution is 6.19. The summed E-state index contributed by atoms with van der Waals surface area (Å²) in [6.45, 7) is 2.67. The highest BCUT2D eigenvalue weighted by Gasteiger charge is 1.98. The first kappa shape index (κ1) is 11.3. The Kier molecular flexibility index (Phi) is 4.71. The van der Waals surface area contributed by atoms with Crippen molar-refractivity contribution < 1.29 is 4.74 Å². The second kappa shape index (κ2) is 5.84. The van der Waals surface area contributed by atoms with Gasteiger partial charge in [-0.15, -0.1) is 11.6 Å². The van der Waals surface area contributed by atoms with Crippen LogP contribution in [0.2, 0.25) is 0 Å². The number of halogens is 1. The zero-order valence-corrected chi connectivity index (χ0v) is 9.34. The molecule has 0 spiro atoms. The first-order valence-corrected chi connectivity index (χ1v) is 5.11. The van der Waals surface area contributed by atoms with Crippen LogP contribution in [0.4, 0.5) is 0 Å². The fraction of sp³-hybridized carbons (Fsp3) is 0.333. The molecule has 0 amide bonds. The van der Waals surface area contributed by atoms with E-state index >= 15 is 0 Å². The van der Waals surface area contributed by atoms with Crippen LogP contribution in [-0.4, -0.2) is 13.0 Å². The molecule has 0 heterocycles. The molecule has 0 radical (unpaired) electrons. The van der Waals surface area contributed by atoms with Crippen LogP contribution in [0.5, 0.6) is 0 Å². The Morgan fingerprint density at radius 2 is 2.14 bits per heavy atom. The Labute approximate surface area is 90.3 Å². The van der Waals surface area contributed by atoms with Crippen LogP contribution in [0, 0.1) is 0 Å². The van der Waals surface area contributed by atoms with Gasteiger partial charge in [-0.2, -0.15) is 0 Å². The van der Waals surface area contributed by atoms with Gasteiger partial charge < -0.3 is 4.74 Å².